The van der Waals surface area contributed by atoms with Gasteiger partial charge < -0.3 is 18.9 Å². The lowest BCUT2D eigenvalue weighted by Crippen LogP contribution is -2.37. The van der Waals surface area contributed by atoms with E-state index in [0.29, 0.717) is 11.4 Å². The van der Waals surface area contributed by atoms with Crippen LogP contribution in [0.4, 0.5) is 15.4 Å². The Morgan fingerprint density at radius 1 is 1.00 bits per heavy atom. The van der Waals surface area contributed by atoms with E-state index < -0.39 is 29.6 Å². The summed E-state index contributed by atoms with van der Waals surface area (Å²) in [5.41, 5.74) is 0.0953. The predicted molar refractivity (Wildman–Crippen MR) is 130 cm³/mol. The number of carbonyl (C=O) groups is 2. The zero-order valence-electron chi connectivity index (χ0n) is 21.0. The van der Waals surface area contributed by atoms with Gasteiger partial charge in [0.25, 0.3) is 0 Å². The van der Waals surface area contributed by atoms with Gasteiger partial charge in [-0.05, 0) is 77.4 Å². The van der Waals surface area contributed by atoms with Crippen LogP contribution in [0.15, 0.2) is 55.3 Å². The minimum absolute atomic E-state index is 0.241. The van der Waals surface area contributed by atoms with E-state index in [4.69, 9.17) is 18.9 Å². The van der Waals surface area contributed by atoms with Gasteiger partial charge in [0.05, 0.1) is 13.7 Å². The van der Waals surface area contributed by atoms with Crippen LogP contribution in [-0.2, 0) is 20.8 Å². The highest BCUT2D eigenvalue weighted by Gasteiger charge is 2.26. The highest BCUT2D eigenvalue weighted by Crippen LogP contribution is 2.25. The molecule has 0 fully saturated rings. The summed E-state index contributed by atoms with van der Waals surface area (Å²) >= 11 is 0. The first-order valence-electron chi connectivity index (χ1n) is 10.9. The second-order valence-electron chi connectivity index (χ2n) is 9.60. The standard InChI is InChI=1S/C26H34N2O6/c1-9-21(32-24(30)34-26(5,6)7)19-12-15-22(27-16-19)28(23(29)33-25(2,3)4)17-18-10-13-20(31-8)14-11-18/h9-16,21H,1,17H2,2-8H3. The fourth-order valence-corrected chi connectivity index (χ4v) is 2.83. The molecular formula is C26H34N2O6. The SMILES string of the molecule is C=CC(OC(=O)OC(C)(C)C)c1ccc(N(Cc2ccc(OC)cc2)C(=O)OC(C)(C)C)nc1. The van der Waals surface area contributed by atoms with E-state index in [-0.39, 0.29) is 6.54 Å². The van der Waals surface area contributed by atoms with Crippen LogP contribution in [0.1, 0.15) is 58.8 Å². The van der Waals surface area contributed by atoms with Crippen molar-refractivity contribution in [3.63, 3.8) is 0 Å². The molecule has 0 radical (unpaired) electrons. The number of pyridine rings is 1. The lowest BCUT2D eigenvalue weighted by atomic mass is 10.1. The Morgan fingerprint density at radius 2 is 1.62 bits per heavy atom. The Morgan fingerprint density at radius 3 is 2.09 bits per heavy atom. The number of amides is 1. The van der Waals surface area contributed by atoms with Crippen molar-refractivity contribution in [2.45, 2.75) is 65.4 Å². The summed E-state index contributed by atoms with van der Waals surface area (Å²) < 4.78 is 21.4. The summed E-state index contributed by atoms with van der Waals surface area (Å²) in [6.45, 7) is 14.6. The molecule has 0 saturated carbocycles. The zero-order valence-corrected chi connectivity index (χ0v) is 21.0. The molecule has 0 N–H and O–H groups in total. The maximum atomic E-state index is 13.0. The summed E-state index contributed by atoms with van der Waals surface area (Å²) in [7, 11) is 1.59. The summed E-state index contributed by atoms with van der Waals surface area (Å²) in [6, 6.07) is 10.8. The number of hydrogen-bond acceptors (Lipinski definition) is 7. The Balaban J connectivity index is 2.26. The number of benzene rings is 1. The fourth-order valence-electron chi connectivity index (χ4n) is 2.83. The largest absolute Gasteiger partial charge is 0.509 e. The average Bonchev–Trinajstić information content (AvgIpc) is 2.74. The van der Waals surface area contributed by atoms with Gasteiger partial charge in [-0.25, -0.2) is 14.6 Å². The quantitative estimate of drug-likeness (QED) is 0.351. The highest BCUT2D eigenvalue weighted by molar-refractivity contribution is 5.86. The Labute approximate surface area is 201 Å². The van der Waals surface area contributed by atoms with Gasteiger partial charge in [0, 0.05) is 11.8 Å². The van der Waals surface area contributed by atoms with E-state index in [1.54, 1.807) is 60.8 Å². The van der Waals surface area contributed by atoms with E-state index in [2.05, 4.69) is 11.6 Å². The minimum atomic E-state index is -0.809. The fraction of sp³-hybridized carbons (Fsp3) is 0.423. The molecule has 1 unspecified atom stereocenters. The number of nitrogens with zero attached hydrogens (tertiary/aromatic N) is 2. The van der Waals surface area contributed by atoms with Crippen LogP contribution >= 0.6 is 0 Å². The lowest BCUT2D eigenvalue weighted by molar-refractivity contribution is -0.0188. The number of ether oxygens (including phenoxy) is 4. The van der Waals surface area contributed by atoms with Crippen molar-refractivity contribution in [1.82, 2.24) is 4.98 Å². The van der Waals surface area contributed by atoms with Crippen molar-refractivity contribution in [1.29, 1.82) is 0 Å². The topological polar surface area (TPSA) is 87.2 Å². The van der Waals surface area contributed by atoms with Gasteiger partial charge in [0.2, 0.25) is 0 Å². The van der Waals surface area contributed by atoms with Crippen LogP contribution in [-0.4, -0.2) is 35.5 Å². The summed E-state index contributed by atoms with van der Waals surface area (Å²) in [5, 5.41) is 0. The molecule has 184 valence electrons. The number of methoxy groups -OCH3 is 1. The molecule has 2 aromatic rings. The molecule has 1 aromatic heterocycles. The normalized spacial score (nSPS) is 12.3. The van der Waals surface area contributed by atoms with Gasteiger partial charge in [0.1, 0.15) is 28.9 Å². The smallest absolute Gasteiger partial charge is 0.497 e. The van der Waals surface area contributed by atoms with Crippen LogP contribution in [0.3, 0.4) is 0 Å². The third-order valence-electron chi connectivity index (χ3n) is 4.32. The third kappa shape index (κ3) is 8.42. The first-order chi connectivity index (χ1) is 15.8. The van der Waals surface area contributed by atoms with E-state index in [1.807, 2.05) is 24.3 Å². The molecule has 8 heteroatoms. The van der Waals surface area contributed by atoms with E-state index in [9.17, 15) is 9.59 Å². The Hall–Kier alpha value is -3.55. The van der Waals surface area contributed by atoms with Crippen molar-refractivity contribution in [3.8, 4) is 5.75 Å². The Kier molecular flexibility index (Phi) is 8.68. The number of anilines is 1. The molecule has 0 spiro atoms. The first kappa shape index (κ1) is 26.7. The van der Waals surface area contributed by atoms with Gasteiger partial charge in [-0.3, -0.25) is 4.90 Å². The molecule has 1 atom stereocenters. The highest BCUT2D eigenvalue weighted by atomic mass is 16.7. The lowest BCUT2D eigenvalue weighted by Gasteiger charge is -2.27. The van der Waals surface area contributed by atoms with Crippen LogP contribution < -0.4 is 9.64 Å². The van der Waals surface area contributed by atoms with E-state index in [1.165, 1.54) is 17.2 Å². The summed E-state index contributed by atoms with van der Waals surface area (Å²) in [5.74, 6) is 1.10. The molecule has 1 aromatic carbocycles. The first-order valence-corrected chi connectivity index (χ1v) is 10.9. The van der Waals surface area contributed by atoms with Crippen molar-refractivity contribution < 1.29 is 28.5 Å². The van der Waals surface area contributed by atoms with Crippen LogP contribution in [0.25, 0.3) is 0 Å². The monoisotopic (exact) mass is 470 g/mol. The second kappa shape index (κ2) is 11.0. The van der Waals surface area contributed by atoms with Crippen molar-refractivity contribution >= 4 is 18.1 Å². The molecule has 1 amide bonds. The van der Waals surface area contributed by atoms with Gasteiger partial charge in [0.15, 0.2) is 0 Å². The maximum Gasteiger partial charge on any atom is 0.509 e. The van der Waals surface area contributed by atoms with Gasteiger partial charge in [-0.1, -0.05) is 18.7 Å². The maximum absolute atomic E-state index is 13.0. The van der Waals surface area contributed by atoms with Gasteiger partial charge in [-0.15, -0.1) is 0 Å². The van der Waals surface area contributed by atoms with Crippen LogP contribution in [0.5, 0.6) is 5.75 Å². The summed E-state index contributed by atoms with van der Waals surface area (Å²) in [4.78, 5) is 30.9. The average molecular weight is 471 g/mol. The molecule has 0 aliphatic carbocycles. The Bertz CT molecular complexity index is 972. The third-order valence-corrected chi connectivity index (χ3v) is 4.32. The predicted octanol–water partition coefficient (Wildman–Crippen LogP) is 6.21. The number of rotatable bonds is 7. The van der Waals surface area contributed by atoms with E-state index >= 15 is 0 Å². The van der Waals surface area contributed by atoms with Crippen LogP contribution in [0.2, 0.25) is 0 Å². The summed E-state index contributed by atoms with van der Waals surface area (Å²) in [6.07, 6.45) is 0.902. The molecule has 0 aliphatic rings. The number of carbonyl (C=O) groups excluding carboxylic acids is 2. The molecule has 0 bridgehead atoms. The minimum Gasteiger partial charge on any atom is -0.497 e. The molecule has 34 heavy (non-hydrogen) atoms. The van der Waals surface area contributed by atoms with Gasteiger partial charge >= 0.3 is 12.2 Å². The zero-order chi connectivity index (χ0) is 25.5. The molecule has 1 heterocycles. The van der Waals surface area contributed by atoms with Crippen LogP contribution in [0, 0.1) is 0 Å². The van der Waals surface area contributed by atoms with Crippen molar-refractivity contribution in [2.24, 2.45) is 0 Å². The molecule has 0 saturated heterocycles. The van der Waals surface area contributed by atoms with Gasteiger partial charge in [-0.2, -0.15) is 0 Å². The number of hydrogen-bond donors (Lipinski definition) is 0. The number of aromatic nitrogens is 1. The molecule has 2 rings (SSSR count). The van der Waals surface area contributed by atoms with Crippen molar-refractivity contribution in [3.05, 3.63) is 66.4 Å². The molecule has 8 nitrogen and oxygen atoms in total. The van der Waals surface area contributed by atoms with Crippen molar-refractivity contribution in [2.75, 3.05) is 12.0 Å². The molecule has 0 aliphatic heterocycles. The molecular weight excluding hydrogens is 436 g/mol. The van der Waals surface area contributed by atoms with E-state index in [0.717, 1.165) is 11.3 Å². The second-order valence-corrected chi connectivity index (χ2v) is 9.60.